The zero-order valence-electron chi connectivity index (χ0n) is 16.0. The fourth-order valence-electron chi connectivity index (χ4n) is 4.12. The first kappa shape index (κ1) is 18.7. The standard InChI is InChI=1S/C21H28N2O3S/c1-2-25-17-11-6-12-18-19(17)22-21(27-18)23(14-16-10-7-13-26-16)20(24)15-8-4-3-5-9-15/h6,11-12,15-16H,2-5,7-10,13-14H2,1H3. The number of carbonyl (C=O) groups excluding carboxylic acids is 1. The Morgan fingerprint density at radius 2 is 2.11 bits per heavy atom. The third kappa shape index (κ3) is 4.11. The molecule has 2 aromatic rings. The van der Waals surface area contributed by atoms with Gasteiger partial charge in [-0.2, -0.15) is 0 Å². The minimum Gasteiger partial charge on any atom is -0.492 e. The molecule has 1 saturated carbocycles. The summed E-state index contributed by atoms with van der Waals surface area (Å²) in [5.41, 5.74) is 0.855. The molecule has 1 aliphatic carbocycles. The second kappa shape index (κ2) is 8.57. The molecule has 1 unspecified atom stereocenters. The quantitative estimate of drug-likeness (QED) is 0.714. The van der Waals surface area contributed by atoms with E-state index in [0.29, 0.717) is 13.2 Å². The third-order valence-electron chi connectivity index (χ3n) is 5.53. The molecule has 2 fully saturated rings. The topological polar surface area (TPSA) is 51.7 Å². The lowest BCUT2D eigenvalue weighted by molar-refractivity contribution is -0.123. The number of hydrogen-bond donors (Lipinski definition) is 0. The minimum absolute atomic E-state index is 0.121. The Labute approximate surface area is 164 Å². The summed E-state index contributed by atoms with van der Waals surface area (Å²) in [5.74, 6) is 1.14. The number of anilines is 1. The zero-order valence-corrected chi connectivity index (χ0v) is 16.8. The number of aromatic nitrogens is 1. The maximum atomic E-state index is 13.4. The van der Waals surface area contributed by atoms with E-state index >= 15 is 0 Å². The molecule has 0 bridgehead atoms. The Balaban J connectivity index is 1.65. The molecule has 1 aromatic heterocycles. The highest BCUT2D eigenvalue weighted by Gasteiger charge is 2.31. The molecule has 6 heteroatoms. The van der Waals surface area contributed by atoms with Gasteiger partial charge in [-0.1, -0.05) is 36.7 Å². The van der Waals surface area contributed by atoms with Crippen LogP contribution in [0.2, 0.25) is 0 Å². The molecular formula is C21H28N2O3S. The summed E-state index contributed by atoms with van der Waals surface area (Å²) in [6, 6.07) is 5.99. The molecule has 0 spiro atoms. The van der Waals surface area contributed by atoms with Crippen molar-refractivity contribution in [3.8, 4) is 5.75 Å². The van der Waals surface area contributed by atoms with Gasteiger partial charge >= 0.3 is 0 Å². The minimum atomic E-state index is 0.121. The molecular weight excluding hydrogens is 360 g/mol. The first-order valence-electron chi connectivity index (χ1n) is 10.2. The molecule has 4 rings (SSSR count). The van der Waals surface area contributed by atoms with Crippen molar-refractivity contribution in [2.24, 2.45) is 5.92 Å². The SMILES string of the molecule is CCOc1cccc2sc(N(CC3CCCO3)C(=O)C3CCCCC3)nc12. The van der Waals surface area contributed by atoms with Crippen molar-refractivity contribution in [3.05, 3.63) is 18.2 Å². The van der Waals surface area contributed by atoms with E-state index in [0.717, 1.165) is 66.2 Å². The normalized spacial score (nSPS) is 20.9. The molecule has 2 aliphatic rings. The van der Waals surface area contributed by atoms with Crippen LogP contribution in [0.1, 0.15) is 51.9 Å². The fourth-order valence-corrected chi connectivity index (χ4v) is 5.12. The van der Waals surface area contributed by atoms with E-state index in [4.69, 9.17) is 14.5 Å². The van der Waals surface area contributed by atoms with Crippen molar-refractivity contribution in [2.45, 2.75) is 58.0 Å². The van der Waals surface area contributed by atoms with Gasteiger partial charge in [-0.05, 0) is 44.7 Å². The van der Waals surface area contributed by atoms with Gasteiger partial charge in [-0.15, -0.1) is 0 Å². The monoisotopic (exact) mass is 388 g/mol. The van der Waals surface area contributed by atoms with Crippen LogP contribution in [-0.4, -0.2) is 36.8 Å². The van der Waals surface area contributed by atoms with E-state index in [9.17, 15) is 4.79 Å². The predicted molar refractivity (Wildman–Crippen MR) is 109 cm³/mol. The molecule has 0 N–H and O–H groups in total. The Kier molecular flexibility index (Phi) is 5.93. The first-order valence-corrected chi connectivity index (χ1v) is 11.0. The van der Waals surface area contributed by atoms with Crippen LogP contribution in [0, 0.1) is 5.92 Å². The number of amides is 1. The summed E-state index contributed by atoms with van der Waals surface area (Å²) in [4.78, 5) is 20.1. The van der Waals surface area contributed by atoms with E-state index in [1.54, 1.807) is 11.3 Å². The number of hydrogen-bond acceptors (Lipinski definition) is 5. The third-order valence-corrected chi connectivity index (χ3v) is 6.58. The summed E-state index contributed by atoms with van der Waals surface area (Å²) in [6.07, 6.45) is 7.75. The number of rotatable bonds is 6. The molecule has 1 aromatic carbocycles. The van der Waals surface area contributed by atoms with Gasteiger partial charge < -0.3 is 9.47 Å². The molecule has 1 saturated heterocycles. The Bertz CT molecular complexity index is 779. The van der Waals surface area contributed by atoms with Crippen LogP contribution < -0.4 is 9.64 Å². The highest BCUT2D eigenvalue weighted by molar-refractivity contribution is 7.22. The van der Waals surface area contributed by atoms with Crippen LogP contribution in [0.5, 0.6) is 5.75 Å². The van der Waals surface area contributed by atoms with Crippen LogP contribution in [0.15, 0.2) is 18.2 Å². The second-order valence-electron chi connectivity index (χ2n) is 7.45. The second-order valence-corrected chi connectivity index (χ2v) is 8.46. The molecule has 1 atom stereocenters. The van der Waals surface area contributed by atoms with Crippen LogP contribution in [0.3, 0.4) is 0 Å². The van der Waals surface area contributed by atoms with Gasteiger partial charge in [-0.3, -0.25) is 9.69 Å². The van der Waals surface area contributed by atoms with Crippen molar-refractivity contribution in [1.82, 2.24) is 4.98 Å². The van der Waals surface area contributed by atoms with Crippen molar-refractivity contribution in [1.29, 1.82) is 0 Å². The van der Waals surface area contributed by atoms with Crippen molar-refractivity contribution < 1.29 is 14.3 Å². The van der Waals surface area contributed by atoms with E-state index in [2.05, 4.69) is 0 Å². The van der Waals surface area contributed by atoms with E-state index in [1.165, 1.54) is 6.42 Å². The molecule has 2 heterocycles. The Morgan fingerprint density at radius 1 is 1.26 bits per heavy atom. The van der Waals surface area contributed by atoms with Gasteiger partial charge in [0.15, 0.2) is 5.13 Å². The summed E-state index contributed by atoms with van der Waals surface area (Å²) in [7, 11) is 0. The van der Waals surface area contributed by atoms with Gasteiger partial charge in [0.25, 0.3) is 0 Å². The summed E-state index contributed by atoms with van der Waals surface area (Å²) in [5, 5.41) is 0.781. The molecule has 1 amide bonds. The number of benzene rings is 1. The van der Waals surface area contributed by atoms with Crippen molar-refractivity contribution in [3.63, 3.8) is 0 Å². The number of nitrogens with zero attached hydrogens (tertiary/aromatic N) is 2. The Hall–Kier alpha value is -1.66. The van der Waals surface area contributed by atoms with Gasteiger partial charge in [-0.25, -0.2) is 4.98 Å². The highest BCUT2D eigenvalue weighted by Crippen LogP contribution is 2.36. The van der Waals surface area contributed by atoms with Crippen LogP contribution in [-0.2, 0) is 9.53 Å². The number of thiazole rings is 1. The Morgan fingerprint density at radius 3 is 2.85 bits per heavy atom. The van der Waals surface area contributed by atoms with Gasteiger partial charge in [0.2, 0.25) is 5.91 Å². The smallest absolute Gasteiger partial charge is 0.231 e. The van der Waals surface area contributed by atoms with Crippen molar-refractivity contribution in [2.75, 3.05) is 24.7 Å². The first-order chi connectivity index (χ1) is 13.3. The summed E-state index contributed by atoms with van der Waals surface area (Å²) in [6.45, 7) is 3.98. The van der Waals surface area contributed by atoms with E-state index < -0.39 is 0 Å². The zero-order chi connectivity index (χ0) is 18.6. The lowest BCUT2D eigenvalue weighted by Gasteiger charge is -2.29. The summed E-state index contributed by atoms with van der Waals surface area (Å²) >= 11 is 1.58. The molecule has 27 heavy (non-hydrogen) atoms. The number of carbonyl (C=O) groups is 1. The van der Waals surface area contributed by atoms with Gasteiger partial charge in [0, 0.05) is 12.5 Å². The molecule has 5 nitrogen and oxygen atoms in total. The number of ether oxygens (including phenoxy) is 2. The van der Waals surface area contributed by atoms with E-state index in [-0.39, 0.29) is 17.9 Å². The van der Waals surface area contributed by atoms with Gasteiger partial charge in [0.05, 0.1) is 24.0 Å². The average molecular weight is 389 g/mol. The fraction of sp³-hybridized carbons (Fsp3) is 0.619. The highest BCUT2D eigenvalue weighted by atomic mass is 32.1. The van der Waals surface area contributed by atoms with Crippen LogP contribution in [0.25, 0.3) is 10.2 Å². The largest absolute Gasteiger partial charge is 0.492 e. The summed E-state index contributed by atoms with van der Waals surface area (Å²) < 4.78 is 12.6. The van der Waals surface area contributed by atoms with Gasteiger partial charge in [0.1, 0.15) is 11.3 Å². The molecule has 0 radical (unpaired) electrons. The number of para-hydroxylation sites is 1. The van der Waals surface area contributed by atoms with Crippen LogP contribution >= 0.6 is 11.3 Å². The lowest BCUT2D eigenvalue weighted by Crippen LogP contribution is -2.41. The van der Waals surface area contributed by atoms with E-state index in [1.807, 2.05) is 30.0 Å². The predicted octanol–water partition coefficient (Wildman–Crippen LogP) is 4.79. The van der Waals surface area contributed by atoms with Crippen LogP contribution in [0.4, 0.5) is 5.13 Å². The molecule has 146 valence electrons. The van der Waals surface area contributed by atoms with Crippen molar-refractivity contribution >= 4 is 32.6 Å². The molecule has 1 aliphatic heterocycles. The lowest BCUT2D eigenvalue weighted by atomic mass is 9.88. The maximum Gasteiger partial charge on any atom is 0.231 e. The average Bonchev–Trinajstić information content (AvgIpc) is 3.36. The maximum absolute atomic E-state index is 13.4. The number of fused-ring (bicyclic) bond motifs is 1.